The van der Waals surface area contributed by atoms with Gasteiger partial charge in [0.2, 0.25) is 0 Å². The van der Waals surface area contributed by atoms with Gasteiger partial charge in [-0.15, -0.1) is 0 Å². The second-order valence-electron chi connectivity index (χ2n) is 5.18. The molecule has 1 unspecified atom stereocenters. The van der Waals surface area contributed by atoms with Gasteiger partial charge in [0.25, 0.3) is 0 Å². The molecule has 0 aromatic carbocycles. The summed E-state index contributed by atoms with van der Waals surface area (Å²) in [6, 6.07) is 1.52. The fraction of sp³-hybridized carbons (Fsp3) is 1.00. The Balaban J connectivity index is 4.39. The van der Waals surface area contributed by atoms with Gasteiger partial charge in [0, 0.05) is 18.1 Å². The molecule has 0 saturated heterocycles. The summed E-state index contributed by atoms with van der Waals surface area (Å²) in [7, 11) is 1.03. The second kappa shape index (κ2) is 6.63. The molecule has 0 saturated carbocycles. The maximum absolute atomic E-state index is 3.65. The maximum Gasteiger partial charge on any atom is 0.0977 e. The molecule has 92 valence electrons. The molecule has 0 rings (SSSR count). The normalized spacial score (nSPS) is 15.2. The van der Waals surface area contributed by atoms with E-state index >= 15 is 0 Å². The molecule has 0 heterocycles. The van der Waals surface area contributed by atoms with Crippen molar-refractivity contribution < 1.29 is 0 Å². The van der Waals surface area contributed by atoms with Gasteiger partial charge < -0.3 is 0 Å². The maximum atomic E-state index is 3.65. The molecular formula is C11H29N3Si. The number of hydrogen-bond donors (Lipinski definition) is 3. The SMILES string of the molecule is CCC(C)NC([SiH3])(NC(C)C)NC(C)C. The van der Waals surface area contributed by atoms with Crippen LogP contribution in [0.4, 0.5) is 0 Å². The zero-order chi connectivity index (χ0) is 12.1. The zero-order valence-corrected chi connectivity index (χ0v) is 13.4. The van der Waals surface area contributed by atoms with Gasteiger partial charge in [-0.1, -0.05) is 6.92 Å². The Hall–Kier alpha value is 0.0969. The highest BCUT2D eigenvalue weighted by Crippen LogP contribution is 1.99. The van der Waals surface area contributed by atoms with Gasteiger partial charge >= 0.3 is 0 Å². The molecule has 1 atom stereocenters. The standard InChI is InChI=1S/C11H29N3Si/c1-7-10(6)14-11(15,12-8(2)3)13-9(4)5/h8-10,12-14H,7H2,1-6,15H3. The Morgan fingerprint density at radius 3 is 1.60 bits per heavy atom. The highest BCUT2D eigenvalue weighted by Gasteiger charge is 2.25. The van der Waals surface area contributed by atoms with Crippen molar-refractivity contribution in [1.29, 1.82) is 0 Å². The lowest BCUT2D eigenvalue weighted by molar-refractivity contribution is 0.240. The predicted octanol–water partition coefficient (Wildman–Crippen LogP) is 0.347. The third-order valence-electron chi connectivity index (χ3n) is 2.30. The summed E-state index contributed by atoms with van der Waals surface area (Å²) in [5.74, 6) is 0. The van der Waals surface area contributed by atoms with E-state index in [4.69, 9.17) is 0 Å². The second-order valence-corrected chi connectivity index (χ2v) is 6.68. The van der Waals surface area contributed by atoms with Crippen LogP contribution in [0.3, 0.4) is 0 Å². The van der Waals surface area contributed by atoms with Crippen LogP contribution in [-0.2, 0) is 0 Å². The molecule has 0 radical (unpaired) electrons. The molecular weight excluding hydrogens is 202 g/mol. The summed E-state index contributed by atoms with van der Waals surface area (Å²) in [6.45, 7) is 13.2. The van der Waals surface area contributed by atoms with Crippen LogP contribution in [0.25, 0.3) is 0 Å². The minimum Gasteiger partial charge on any atom is -0.289 e. The van der Waals surface area contributed by atoms with Crippen LogP contribution in [0.5, 0.6) is 0 Å². The summed E-state index contributed by atoms with van der Waals surface area (Å²) >= 11 is 0. The smallest absolute Gasteiger partial charge is 0.0977 e. The number of hydrogen-bond acceptors (Lipinski definition) is 3. The summed E-state index contributed by atoms with van der Waals surface area (Å²) in [4.78, 5) is 0. The van der Waals surface area contributed by atoms with E-state index in [0.717, 1.165) is 16.7 Å². The summed E-state index contributed by atoms with van der Waals surface area (Å²) in [5.41, 5.74) is -0.0439. The van der Waals surface area contributed by atoms with E-state index in [9.17, 15) is 0 Å². The molecule has 3 N–H and O–H groups in total. The molecule has 3 nitrogen and oxygen atoms in total. The first-order valence-corrected chi connectivity index (χ1v) is 7.12. The van der Waals surface area contributed by atoms with Crippen LogP contribution in [0.1, 0.15) is 48.0 Å². The Morgan fingerprint density at radius 1 is 0.933 bits per heavy atom. The van der Waals surface area contributed by atoms with Crippen LogP contribution in [0.15, 0.2) is 0 Å². The molecule has 0 aromatic heterocycles. The van der Waals surface area contributed by atoms with E-state index in [-0.39, 0.29) is 5.41 Å². The van der Waals surface area contributed by atoms with Crippen LogP contribution in [0, 0.1) is 0 Å². The fourth-order valence-corrected chi connectivity index (χ4v) is 3.52. The first-order chi connectivity index (χ1) is 6.79. The first kappa shape index (κ1) is 15.1. The number of nitrogens with one attached hydrogen (secondary N) is 3. The molecule has 0 aromatic rings. The van der Waals surface area contributed by atoms with Crippen molar-refractivity contribution in [2.45, 2.75) is 71.5 Å². The topological polar surface area (TPSA) is 36.1 Å². The predicted molar refractivity (Wildman–Crippen MR) is 72.1 cm³/mol. The molecule has 0 amide bonds. The van der Waals surface area contributed by atoms with Crippen molar-refractivity contribution in [2.75, 3.05) is 0 Å². The molecule has 4 heteroatoms. The Kier molecular flexibility index (Phi) is 6.67. The summed E-state index contributed by atoms with van der Waals surface area (Å²) in [5, 5.41) is 10.8. The molecule has 0 aliphatic rings. The van der Waals surface area contributed by atoms with Crippen LogP contribution in [-0.4, -0.2) is 33.8 Å². The lowest BCUT2D eigenvalue weighted by Gasteiger charge is -2.39. The van der Waals surface area contributed by atoms with Crippen molar-refractivity contribution in [2.24, 2.45) is 0 Å². The molecule has 0 aliphatic heterocycles. The fourth-order valence-electron chi connectivity index (χ4n) is 1.87. The van der Waals surface area contributed by atoms with E-state index in [2.05, 4.69) is 57.5 Å². The van der Waals surface area contributed by atoms with E-state index in [1.54, 1.807) is 0 Å². The van der Waals surface area contributed by atoms with Gasteiger partial charge in [0.1, 0.15) is 0 Å². The van der Waals surface area contributed by atoms with Crippen LogP contribution < -0.4 is 16.0 Å². The van der Waals surface area contributed by atoms with E-state index in [0.29, 0.717) is 18.1 Å². The van der Waals surface area contributed by atoms with Crippen LogP contribution in [0.2, 0.25) is 0 Å². The van der Waals surface area contributed by atoms with E-state index in [1.165, 1.54) is 0 Å². The summed E-state index contributed by atoms with van der Waals surface area (Å²) < 4.78 is 0. The lowest BCUT2D eigenvalue weighted by atomic mass is 10.2. The summed E-state index contributed by atoms with van der Waals surface area (Å²) in [6.07, 6.45) is 1.16. The van der Waals surface area contributed by atoms with Gasteiger partial charge in [-0.05, 0) is 41.0 Å². The third kappa shape index (κ3) is 7.06. The molecule has 0 bridgehead atoms. The Morgan fingerprint density at radius 2 is 1.33 bits per heavy atom. The quantitative estimate of drug-likeness (QED) is 0.437. The lowest BCUT2D eigenvalue weighted by Crippen LogP contribution is -2.71. The van der Waals surface area contributed by atoms with E-state index < -0.39 is 0 Å². The molecule has 15 heavy (non-hydrogen) atoms. The van der Waals surface area contributed by atoms with Gasteiger partial charge in [0.15, 0.2) is 0 Å². The Labute approximate surface area is 98.2 Å². The zero-order valence-electron chi connectivity index (χ0n) is 11.4. The molecule has 0 fully saturated rings. The average Bonchev–Trinajstić information content (AvgIpc) is 1.99. The minimum absolute atomic E-state index is 0.0439. The number of rotatable bonds is 7. The highest BCUT2D eigenvalue weighted by molar-refractivity contribution is 6.14. The average molecular weight is 231 g/mol. The van der Waals surface area contributed by atoms with Gasteiger partial charge in [-0.25, -0.2) is 0 Å². The van der Waals surface area contributed by atoms with Gasteiger partial charge in [0.05, 0.1) is 15.7 Å². The largest absolute Gasteiger partial charge is 0.289 e. The van der Waals surface area contributed by atoms with Gasteiger partial charge in [-0.3, -0.25) is 16.0 Å². The Bertz CT molecular complexity index is 161. The van der Waals surface area contributed by atoms with Crippen molar-refractivity contribution in [3.05, 3.63) is 0 Å². The van der Waals surface area contributed by atoms with Crippen molar-refractivity contribution in [3.63, 3.8) is 0 Å². The monoisotopic (exact) mass is 231 g/mol. The van der Waals surface area contributed by atoms with E-state index in [1.807, 2.05) is 0 Å². The molecule has 0 spiro atoms. The van der Waals surface area contributed by atoms with Gasteiger partial charge in [-0.2, -0.15) is 0 Å². The minimum atomic E-state index is -0.0439. The third-order valence-corrected chi connectivity index (χ3v) is 3.17. The van der Waals surface area contributed by atoms with Crippen LogP contribution >= 0.6 is 0 Å². The molecule has 0 aliphatic carbocycles. The highest BCUT2D eigenvalue weighted by atomic mass is 28.1. The van der Waals surface area contributed by atoms with Crippen molar-refractivity contribution in [1.82, 2.24) is 16.0 Å². The first-order valence-electron chi connectivity index (χ1n) is 6.12. The van der Waals surface area contributed by atoms with Crippen molar-refractivity contribution >= 4 is 10.2 Å². The van der Waals surface area contributed by atoms with Crippen molar-refractivity contribution in [3.8, 4) is 0 Å².